The number of methoxy groups -OCH3 is 1. The van der Waals surface area contributed by atoms with Crippen molar-refractivity contribution < 1.29 is 14.3 Å². The molecule has 3 aromatic rings. The highest BCUT2D eigenvalue weighted by molar-refractivity contribution is 6.31. The minimum Gasteiger partial charge on any atom is -0.497 e. The number of carbonyl (C=O) groups is 1. The number of hydrogen-bond donors (Lipinski definition) is 0. The summed E-state index contributed by atoms with van der Waals surface area (Å²) in [7, 11) is 1.61. The summed E-state index contributed by atoms with van der Waals surface area (Å²) >= 11 is 6.15. The molecule has 0 amide bonds. The average molecular weight is 379 g/mol. The van der Waals surface area contributed by atoms with E-state index in [2.05, 4.69) is 0 Å². The van der Waals surface area contributed by atoms with Crippen LogP contribution in [0.1, 0.15) is 16.7 Å². The fourth-order valence-electron chi connectivity index (χ4n) is 2.61. The number of benzene rings is 3. The molecule has 4 heteroatoms. The minimum absolute atomic E-state index is 0.112. The summed E-state index contributed by atoms with van der Waals surface area (Å²) in [6.45, 7) is 0.112. The molecule has 0 aromatic heterocycles. The molecule has 0 fully saturated rings. The Kier molecular flexibility index (Phi) is 6.29. The highest BCUT2D eigenvalue weighted by atomic mass is 35.5. The molecule has 0 aliphatic heterocycles. The fraction of sp³-hybridized carbons (Fsp3) is 0.0870. The van der Waals surface area contributed by atoms with E-state index < -0.39 is 5.97 Å². The Morgan fingerprint density at radius 3 is 2.44 bits per heavy atom. The van der Waals surface area contributed by atoms with Gasteiger partial charge in [-0.05, 0) is 35.4 Å². The standard InChI is InChI=1S/C23H19ClO3/c1-26-20-12-7-8-17(14-20)15-21(18-9-3-2-4-10-18)23(25)27-16-19-11-5-6-13-22(19)24/h2-15H,16H2,1H3. The van der Waals surface area contributed by atoms with Crippen LogP contribution in [-0.2, 0) is 16.1 Å². The van der Waals surface area contributed by atoms with Gasteiger partial charge in [0.1, 0.15) is 12.4 Å². The van der Waals surface area contributed by atoms with Crippen molar-refractivity contribution in [2.24, 2.45) is 0 Å². The summed E-state index contributed by atoms with van der Waals surface area (Å²) < 4.78 is 10.8. The molecule has 3 aromatic carbocycles. The van der Waals surface area contributed by atoms with E-state index >= 15 is 0 Å². The summed E-state index contributed by atoms with van der Waals surface area (Å²) in [5.41, 5.74) is 2.87. The van der Waals surface area contributed by atoms with Crippen LogP contribution in [0, 0.1) is 0 Å². The predicted octanol–water partition coefficient (Wildman–Crippen LogP) is 5.63. The number of esters is 1. The quantitative estimate of drug-likeness (QED) is 0.316. The third kappa shape index (κ3) is 4.99. The number of rotatable bonds is 6. The second kappa shape index (κ2) is 9.06. The maximum Gasteiger partial charge on any atom is 0.339 e. The van der Waals surface area contributed by atoms with Crippen LogP contribution in [0.25, 0.3) is 11.6 Å². The molecule has 0 saturated carbocycles. The van der Waals surface area contributed by atoms with E-state index in [4.69, 9.17) is 21.1 Å². The third-order valence-corrected chi connectivity index (χ3v) is 4.39. The molecule has 0 bridgehead atoms. The highest BCUT2D eigenvalue weighted by Crippen LogP contribution is 2.23. The van der Waals surface area contributed by atoms with E-state index in [1.165, 1.54) is 0 Å². The molecule has 0 N–H and O–H groups in total. The molecular formula is C23H19ClO3. The van der Waals surface area contributed by atoms with Crippen molar-refractivity contribution in [3.63, 3.8) is 0 Å². The Balaban J connectivity index is 1.89. The van der Waals surface area contributed by atoms with Crippen LogP contribution in [0.5, 0.6) is 5.75 Å². The van der Waals surface area contributed by atoms with Gasteiger partial charge in [-0.15, -0.1) is 0 Å². The Hall–Kier alpha value is -3.04. The second-order valence-electron chi connectivity index (χ2n) is 5.87. The monoisotopic (exact) mass is 378 g/mol. The topological polar surface area (TPSA) is 35.5 Å². The van der Waals surface area contributed by atoms with Crippen molar-refractivity contribution in [1.82, 2.24) is 0 Å². The molecule has 27 heavy (non-hydrogen) atoms. The molecule has 0 saturated heterocycles. The summed E-state index contributed by atoms with van der Waals surface area (Å²) in [6.07, 6.45) is 1.80. The Labute approximate surface area is 163 Å². The van der Waals surface area contributed by atoms with Crippen LogP contribution >= 0.6 is 11.6 Å². The number of hydrogen-bond acceptors (Lipinski definition) is 3. The van der Waals surface area contributed by atoms with E-state index in [1.54, 1.807) is 19.3 Å². The van der Waals surface area contributed by atoms with Gasteiger partial charge in [0.15, 0.2) is 0 Å². The maximum atomic E-state index is 12.8. The lowest BCUT2D eigenvalue weighted by Gasteiger charge is -2.10. The smallest absolute Gasteiger partial charge is 0.339 e. The first kappa shape index (κ1) is 18.7. The van der Waals surface area contributed by atoms with Gasteiger partial charge in [0.05, 0.1) is 12.7 Å². The highest BCUT2D eigenvalue weighted by Gasteiger charge is 2.15. The number of carbonyl (C=O) groups excluding carboxylic acids is 1. The van der Waals surface area contributed by atoms with Gasteiger partial charge in [0.25, 0.3) is 0 Å². The fourth-order valence-corrected chi connectivity index (χ4v) is 2.80. The molecule has 3 nitrogen and oxygen atoms in total. The van der Waals surface area contributed by atoms with Crippen LogP contribution < -0.4 is 4.74 Å². The number of halogens is 1. The Morgan fingerprint density at radius 2 is 1.70 bits per heavy atom. The van der Waals surface area contributed by atoms with E-state index in [9.17, 15) is 4.79 Å². The predicted molar refractivity (Wildman–Crippen MR) is 109 cm³/mol. The van der Waals surface area contributed by atoms with Gasteiger partial charge in [-0.1, -0.05) is 72.3 Å². The van der Waals surface area contributed by atoms with Gasteiger partial charge in [0, 0.05) is 10.6 Å². The molecule has 0 spiro atoms. The van der Waals surface area contributed by atoms with Gasteiger partial charge in [0.2, 0.25) is 0 Å². The summed E-state index contributed by atoms with van der Waals surface area (Å²) in [5, 5.41) is 0.573. The van der Waals surface area contributed by atoms with Crippen molar-refractivity contribution in [3.8, 4) is 5.75 Å². The first-order valence-electron chi connectivity index (χ1n) is 8.49. The molecule has 3 rings (SSSR count). The SMILES string of the molecule is COc1cccc(C=C(C(=O)OCc2ccccc2Cl)c2ccccc2)c1. The van der Waals surface area contributed by atoms with Gasteiger partial charge in [-0.2, -0.15) is 0 Å². The van der Waals surface area contributed by atoms with Crippen LogP contribution in [0.3, 0.4) is 0 Å². The first-order chi connectivity index (χ1) is 13.2. The van der Waals surface area contributed by atoms with Crippen LogP contribution in [0.4, 0.5) is 0 Å². The normalized spacial score (nSPS) is 11.1. The molecule has 0 unspecified atom stereocenters. The van der Waals surface area contributed by atoms with Crippen molar-refractivity contribution in [1.29, 1.82) is 0 Å². The van der Waals surface area contributed by atoms with E-state index in [-0.39, 0.29) is 6.61 Å². The van der Waals surface area contributed by atoms with Gasteiger partial charge in [-0.3, -0.25) is 0 Å². The zero-order valence-corrected chi connectivity index (χ0v) is 15.6. The molecule has 0 radical (unpaired) electrons. The second-order valence-corrected chi connectivity index (χ2v) is 6.28. The van der Waals surface area contributed by atoms with Gasteiger partial charge < -0.3 is 9.47 Å². The summed E-state index contributed by atoms with van der Waals surface area (Å²) in [5.74, 6) is 0.310. The molecule has 0 aliphatic rings. The molecule has 0 atom stereocenters. The minimum atomic E-state index is -0.413. The van der Waals surface area contributed by atoms with Gasteiger partial charge >= 0.3 is 5.97 Å². The average Bonchev–Trinajstić information content (AvgIpc) is 2.72. The van der Waals surface area contributed by atoms with E-state index in [0.29, 0.717) is 10.6 Å². The number of ether oxygens (including phenoxy) is 2. The van der Waals surface area contributed by atoms with Crippen molar-refractivity contribution in [2.45, 2.75) is 6.61 Å². The lowest BCUT2D eigenvalue weighted by Crippen LogP contribution is -2.07. The largest absolute Gasteiger partial charge is 0.497 e. The summed E-state index contributed by atoms with van der Waals surface area (Å²) in [4.78, 5) is 12.8. The lowest BCUT2D eigenvalue weighted by atomic mass is 10.0. The zero-order chi connectivity index (χ0) is 19.1. The maximum absolute atomic E-state index is 12.8. The van der Waals surface area contributed by atoms with Crippen LogP contribution in [-0.4, -0.2) is 13.1 Å². The molecular weight excluding hydrogens is 360 g/mol. The van der Waals surface area contributed by atoms with E-state index in [0.717, 1.165) is 22.4 Å². The molecule has 0 heterocycles. The van der Waals surface area contributed by atoms with Crippen molar-refractivity contribution in [3.05, 3.63) is 101 Å². The van der Waals surface area contributed by atoms with Crippen LogP contribution in [0.15, 0.2) is 78.9 Å². The Morgan fingerprint density at radius 1 is 0.963 bits per heavy atom. The van der Waals surface area contributed by atoms with Crippen molar-refractivity contribution in [2.75, 3.05) is 7.11 Å². The Bertz CT molecular complexity index is 949. The third-order valence-electron chi connectivity index (χ3n) is 4.03. The van der Waals surface area contributed by atoms with Gasteiger partial charge in [-0.25, -0.2) is 4.79 Å². The first-order valence-corrected chi connectivity index (χ1v) is 8.87. The summed E-state index contributed by atoms with van der Waals surface area (Å²) in [6, 6.07) is 24.2. The van der Waals surface area contributed by atoms with E-state index in [1.807, 2.05) is 72.8 Å². The zero-order valence-electron chi connectivity index (χ0n) is 14.9. The van der Waals surface area contributed by atoms with Crippen LogP contribution in [0.2, 0.25) is 5.02 Å². The van der Waals surface area contributed by atoms with Crippen molar-refractivity contribution >= 4 is 29.2 Å². The molecule has 0 aliphatic carbocycles. The molecule has 136 valence electrons. The lowest BCUT2D eigenvalue weighted by molar-refractivity contribution is -0.137.